The molecule has 0 aromatic rings. The zero-order chi connectivity index (χ0) is 15.5. The lowest BCUT2D eigenvalue weighted by Gasteiger charge is -2.21. The summed E-state index contributed by atoms with van der Waals surface area (Å²) in [5, 5.41) is 0. The second kappa shape index (κ2) is 10.3. The van der Waals surface area contributed by atoms with E-state index in [1.807, 2.05) is 0 Å². The van der Waals surface area contributed by atoms with E-state index < -0.39 is 6.10 Å². The Morgan fingerprint density at radius 1 is 1.19 bits per heavy atom. The quantitative estimate of drug-likeness (QED) is 0.509. The molecule has 4 nitrogen and oxygen atoms in total. The van der Waals surface area contributed by atoms with E-state index in [1.165, 1.54) is 32.1 Å². The van der Waals surface area contributed by atoms with Crippen LogP contribution in [0.3, 0.4) is 0 Å². The van der Waals surface area contributed by atoms with Gasteiger partial charge in [-0.2, -0.15) is 0 Å². The Morgan fingerprint density at radius 2 is 1.86 bits per heavy atom. The van der Waals surface area contributed by atoms with Gasteiger partial charge in [-0.15, -0.1) is 6.42 Å². The lowest BCUT2D eigenvalue weighted by molar-refractivity contribution is -0.146. The molecular formula is C17H26O4. The lowest BCUT2D eigenvalue weighted by atomic mass is 9.87. The first-order chi connectivity index (χ1) is 10.1. The highest BCUT2D eigenvalue weighted by atomic mass is 16.5. The number of ether oxygens (including phenoxy) is 2. The average Bonchev–Trinajstić information content (AvgIpc) is 2.48. The van der Waals surface area contributed by atoms with Crippen molar-refractivity contribution in [3.05, 3.63) is 0 Å². The van der Waals surface area contributed by atoms with Gasteiger partial charge in [-0.25, -0.2) is 0 Å². The molecule has 0 bridgehead atoms. The smallest absolute Gasteiger partial charge is 0.307 e. The topological polar surface area (TPSA) is 52.6 Å². The van der Waals surface area contributed by atoms with Crippen LogP contribution in [0.5, 0.6) is 0 Å². The summed E-state index contributed by atoms with van der Waals surface area (Å²) >= 11 is 0. The van der Waals surface area contributed by atoms with Gasteiger partial charge in [-0.1, -0.05) is 38.0 Å². The van der Waals surface area contributed by atoms with Crippen LogP contribution in [-0.4, -0.2) is 24.6 Å². The Hall–Kier alpha value is -1.50. The fourth-order valence-electron chi connectivity index (χ4n) is 2.55. The van der Waals surface area contributed by atoms with E-state index in [0.29, 0.717) is 18.9 Å². The van der Waals surface area contributed by atoms with Gasteiger partial charge in [0.05, 0.1) is 6.61 Å². The van der Waals surface area contributed by atoms with Crippen LogP contribution in [-0.2, 0) is 19.1 Å². The second-order valence-electron chi connectivity index (χ2n) is 5.67. The molecule has 0 saturated heterocycles. The van der Waals surface area contributed by atoms with Crippen molar-refractivity contribution >= 4 is 11.9 Å². The second-order valence-corrected chi connectivity index (χ2v) is 5.67. The van der Waals surface area contributed by atoms with Gasteiger partial charge >= 0.3 is 11.9 Å². The largest absolute Gasteiger partial charge is 0.466 e. The van der Waals surface area contributed by atoms with E-state index in [1.54, 1.807) is 6.92 Å². The summed E-state index contributed by atoms with van der Waals surface area (Å²) in [6.07, 6.45) is 12.9. The van der Waals surface area contributed by atoms with Crippen molar-refractivity contribution in [2.75, 3.05) is 6.61 Å². The highest BCUT2D eigenvalue weighted by Gasteiger charge is 2.14. The van der Waals surface area contributed by atoms with Gasteiger partial charge < -0.3 is 9.47 Å². The van der Waals surface area contributed by atoms with E-state index in [9.17, 15) is 9.59 Å². The highest BCUT2D eigenvalue weighted by molar-refractivity contribution is 5.72. The van der Waals surface area contributed by atoms with E-state index in [2.05, 4.69) is 5.92 Å². The maximum Gasteiger partial charge on any atom is 0.307 e. The number of carbonyl (C=O) groups is 2. The third-order valence-electron chi connectivity index (χ3n) is 3.82. The summed E-state index contributed by atoms with van der Waals surface area (Å²) in [6.45, 7) is 2.14. The molecule has 0 aromatic carbocycles. The lowest BCUT2D eigenvalue weighted by Crippen LogP contribution is -2.14. The summed E-state index contributed by atoms with van der Waals surface area (Å²) in [4.78, 5) is 22.9. The fourth-order valence-corrected chi connectivity index (χ4v) is 2.55. The molecule has 0 radical (unpaired) electrons. The molecule has 4 heteroatoms. The molecule has 1 aliphatic carbocycles. The van der Waals surface area contributed by atoms with Crippen molar-refractivity contribution in [2.24, 2.45) is 5.92 Å². The first-order valence-corrected chi connectivity index (χ1v) is 7.93. The molecular weight excluding hydrogens is 268 g/mol. The van der Waals surface area contributed by atoms with Crippen LogP contribution in [0.2, 0.25) is 0 Å². The predicted octanol–water partition coefficient (Wildman–Crippen LogP) is 3.24. The normalized spacial score (nSPS) is 16.8. The van der Waals surface area contributed by atoms with Crippen molar-refractivity contribution in [3.8, 4) is 12.3 Å². The molecule has 0 aliphatic heterocycles. The number of hydrogen-bond acceptors (Lipinski definition) is 4. The Morgan fingerprint density at radius 3 is 2.52 bits per heavy atom. The predicted molar refractivity (Wildman–Crippen MR) is 80.4 cm³/mol. The summed E-state index contributed by atoms with van der Waals surface area (Å²) in [5.74, 6) is 2.44. The Labute approximate surface area is 127 Å². The van der Waals surface area contributed by atoms with Gasteiger partial charge in [0.2, 0.25) is 0 Å². The molecule has 1 aliphatic rings. The van der Waals surface area contributed by atoms with Crippen molar-refractivity contribution in [2.45, 2.75) is 70.8 Å². The molecule has 0 amide bonds. The standard InChI is InChI=1S/C17H26O4/c1-3-14(2)21-17(19)11-7-10-16(18)20-13-12-15-8-5-4-6-9-15/h1,14-15H,4-13H2,2H3. The molecule has 0 aromatic heterocycles. The monoisotopic (exact) mass is 294 g/mol. The van der Waals surface area contributed by atoms with E-state index in [4.69, 9.17) is 15.9 Å². The summed E-state index contributed by atoms with van der Waals surface area (Å²) in [7, 11) is 0. The minimum Gasteiger partial charge on any atom is -0.466 e. The molecule has 1 unspecified atom stereocenters. The zero-order valence-corrected chi connectivity index (χ0v) is 12.9. The van der Waals surface area contributed by atoms with E-state index in [-0.39, 0.29) is 24.8 Å². The van der Waals surface area contributed by atoms with Crippen molar-refractivity contribution in [1.82, 2.24) is 0 Å². The maximum absolute atomic E-state index is 11.5. The zero-order valence-electron chi connectivity index (χ0n) is 12.9. The summed E-state index contributed by atoms with van der Waals surface area (Å²) in [5.41, 5.74) is 0. The van der Waals surface area contributed by atoms with Crippen LogP contribution in [0, 0.1) is 18.3 Å². The SMILES string of the molecule is C#CC(C)OC(=O)CCCC(=O)OCCC1CCCCC1. The third kappa shape index (κ3) is 8.39. The van der Waals surface area contributed by atoms with Crippen LogP contribution in [0.15, 0.2) is 0 Å². The van der Waals surface area contributed by atoms with Crippen LogP contribution in [0.25, 0.3) is 0 Å². The molecule has 0 heterocycles. The summed E-state index contributed by atoms with van der Waals surface area (Å²) < 4.78 is 10.1. The highest BCUT2D eigenvalue weighted by Crippen LogP contribution is 2.26. The Kier molecular flexibility index (Phi) is 8.57. The first kappa shape index (κ1) is 17.6. The number of esters is 2. The van der Waals surface area contributed by atoms with Gasteiger partial charge in [0.15, 0.2) is 6.10 Å². The van der Waals surface area contributed by atoms with Crippen molar-refractivity contribution < 1.29 is 19.1 Å². The Balaban J connectivity index is 2.00. The van der Waals surface area contributed by atoms with Gasteiger partial charge in [0, 0.05) is 12.8 Å². The van der Waals surface area contributed by atoms with Gasteiger partial charge in [0.1, 0.15) is 0 Å². The minimum absolute atomic E-state index is 0.198. The van der Waals surface area contributed by atoms with Crippen molar-refractivity contribution in [3.63, 3.8) is 0 Å². The molecule has 1 rings (SSSR count). The van der Waals surface area contributed by atoms with Crippen LogP contribution in [0.1, 0.15) is 64.7 Å². The molecule has 0 spiro atoms. The van der Waals surface area contributed by atoms with Gasteiger partial charge in [-0.05, 0) is 25.7 Å². The molecule has 1 saturated carbocycles. The molecule has 21 heavy (non-hydrogen) atoms. The van der Waals surface area contributed by atoms with E-state index in [0.717, 1.165) is 6.42 Å². The van der Waals surface area contributed by atoms with Crippen LogP contribution in [0.4, 0.5) is 0 Å². The minimum atomic E-state index is -0.514. The maximum atomic E-state index is 11.5. The molecule has 118 valence electrons. The first-order valence-electron chi connectivity index (χ1n) is 7.93. The number of terminal acetylenes is 1. The molecule has 1 fully saturated rings. The average molecular weight is 294 g/mol. The number of hydrogen-bond donors (Lipinski definition) is 0. The third-order valence-corrected chi connectivity index (χ3v) is 3.82. The Bertz CT molecular complexity index is 363. The molecule has 1 atom stereocenters. The van der Waals surface area contributed by atoms with Crippen molar-refractivity contribution in [1.29, 1.82) is 0 Å². The van der Waals surface area contributed by atoms with Gasteiger partial charge in [-0.3, -0.25) is 9.59 Å². The number of rotatable bonds is 8. The molecule has 0 N–H and O–H groups in total. The fraction of sp³-hybridized carbons (Fsp3) is 0.765. The summed E-state index contributed by atoms with van der Waals surface area (Å²) in [6, 6.07) is 0. The van der Waals surface area contributed by atoms with Crippen LogP contribution >= 0.6 is 0 Å². The van der Waals surface area contributed by atoms with E-state index >= 15 is 0 Å². The van der Waals surface area contributed by atoms with Gasteiger partial charge in [0.25, 0.3) is 0 Å². The van der Waals surface area contributed by atoms with Crippen LogP contribution < -0.4 is 0 Å². The number of carbonyl (C=O) groups excluding carboxylic acids is 2.